The standard InChI is InChI=1S/C9H17N3/c1-3-12(10-2)9-8-11-6-4-5-7-11/h3H,1-2,4-9H2. The molecule has 0 aromatic rings. The summed E-state index contributed by atoms with van der Waals surface area (Å²) in [4.78, 5) is 2.45. The van der Waals surface area contributed by atoms with Crippen molar-refractivity contribution in [2.24, 2.45) is 5.10 Å². The summed E-state index contributed by atoms with van der Waals surface area (Å²) in [7, 11) is 0. The molecule has 1 aliphatic heterocycles. The maximum Gasteiger partial charge on any atom is 0.0535 e. The van der Waals surface area contributed by atoms with Crippen LogP contribution in [0.1, 0.15) is 12.8 Å². The van der Waals surface area contributed by atoms with Gasteiger partial charge in [0.05, 0.1) is 6.54 Å². The zero-order valence-electron chi connectivity index (χ0n) is 7.58. The van der Waals surface area contributed by atoms with Gasteiger partial charge in [0, 0.05) is 19.5 Å². The van der Waals surface area contributed by atoms with Crippen molar-refractivity contribution < 1.29 is 0 Å². The van der Waals surface area contributed by atoms with Gasteiger partial charge in [-0.1, -0.05) is 6.58 Å². The van der Waals surface area contributed by atoms with Gasteiger partial charge in [-0.25, -0.2) is 0 Å². The number of hydrazone groups is 1. The van der Waals surface area contributed by atoms with E-state index in [0.29, 0.717) is 0 Å². The smallest absolute Gasteiger partial charge is 0.0535 e. The van der Waals surface area contributed by atoms with Gasteiger partial charge in [-0.2, -0.15) is 5.10 Å². The summed E-state index contributed by atoms with van der Waals surface area (Å²) < 4.78 is 0. The molecule has 0 aromatic carbocycles. The minimum atomic E-state index is 0.910. The molecule has 1 aliphatic rings. The van der Waals surface area contributed by atoms with Gasteiger partial charge in [0.2, 0.25) is 0 Å². The van der Waals surface area contributed by atoms with Gasteiger partial charge >= 0.3 is 0 Å². The van der Waals surface area contributed by atoms with Crippen LogP contribution in [-0.4, -0.2) is 42.8 Å². The van der Waals surface area contributed by atoms with Crippen LogP contribution in [0.5, 0.6) is 0 Å². The summed E-state index contributed by atoms with van der Waals surface area (Å²) in [6, 6.07) is 0. The highest BCUT2D eigenvalue weighted by atomic mass is 15.4. The molecule has 0 amide bonds. The molecule has 0 N–H and O–H groups in total. The van der Waals surface area contributed by atoms with Crippen molar-refractivity contribution in [2.75, 3.05) is 26.2 Å². The summed E-state index contributed by atoms with van der Waals surface area (Å²) in [6.07, 6.45) is 4.40. The first kappa shape index (κ1) is 9.26. The van der Waals surface area contributed by atoms with Crippen molar-refractivity contribution in [3.05, 3.63) is 12.8 Å². The number of hydrogen-bond donors (Lipinski definition) is 0. The predicted octanol–water partition coefficient (Wildman–Crippen LogP) is 1.14. The number of hydrogen-bond acceptors (Lipinski definition) is 3. The van der Waals surface area contributed by atoms with Crippen LogP contribution in [0.25, 0.3) is 0 Å². The van der Waals surface area contributed by atoms with Crippen molar-refractivity contribution in [2.45, 2.75) is 12.8 Å². The second kappa shape index (κ2) is 4.93. The van der Waals surface area contributed by atoms with Crippen LogP contribution in [0.15, 0.2) is 17.9 Å². The number of rotatable bonds is 5. The molecule has 12 heavy (non-hydrogen) atoms. The summed E-state index contributed by atoms with van der Waals surface area (Å²) in [5.74, 6) is 0. The molecule has 1 rings (SSSR count). The fourth-order valence-corrected chi connectivity index (χ4v) is 1.47. The van der Waals surface area contributed by atoms with Gasteiger partial charge in [-0.15, -0.1) is 0 Å². The molecular weight excluding hydrogens is 150 g/mol. The van der Waals surface area contributed by atoms with Gasteiger partial charge in [-0.3, -0.25) is 5.01 Å². The van der Waals surface area contributed by atoms with E-state index in [1.54, 1.807) is 11.2 Å². The van der Waals surface area contributed by atoms with Crippen molar-refractivity contribution >= 4 is 6.72 Å². The average Bonchev–Trinajstić information content (AvgIpc) is 2.59. The lowest BCUT2D eigenvalue weighted by molar-refractivity contribution is 0.283. The largest absolute Gasteiger partial charge is 0.301 e. The molecule has 1 saturated heterocycles. The molecule has 68 valence electrons. The highest BCUT2D eigenvalue weighted by Crippen LogP contribution is 2.06. The van der Waals surface area contributed by atoms with E-state index in [9.17, 15) is 0 Å². The maximum atomic E-state index is 3.81. The van der Waals surface area contributed by atoms with Gasteiger partial charge < -0.3 is 4.90 Å². The highest BCUT2D eigenvalue weighted by Gasteiger charge is 2.10. The second-order valence-electron chi connectivity index (χ2n) is 3.04. The molecule has 1 fully saturated rings. The number of likely N-dealkylation sites (tertiary alicyclic amines) is 1. The van der Waals surface area contributed by atoms with Crippen LogP contribution >= 0.6 is 0 Å². The van der Waals surface area contributed by atoms with Crippen molar-refractivity contribution in [3.63, 3.8) is 0 Å². The third kappa shape index (κ3) is 2.66. The first-order chi connectivity index (χ1) is 5.86. The molecule has 0 aliphatic carbocycles. The molecule has 0 unspecified atom stereocenters. The van der Waals surface area contributed by atoms with E-state index < -0.39 is 0 Å². The normalized spacial score (nSPS) is 17.7. The van der Waals surface area contributed by atoms with Crippen molar-refractivity contribution in [3.8, 4) is 0 Å². The molecule has 0 spiro atoms. The molecule has 0 saturated carbocycles. The third-order valence-corrected chi connectivity index (χ3v) is 2.24. The van der Waals surface area contributed by atoms with Gasteiger partial charge in [0.1, 0.15) is 0 Å². The van der Waals surface area contributed by atoms with Gasteiger partial charge in [-0.05, 0) is 25.9 Å². The Kier molecular flexibility index (Phi) is 3.80. The zero-order chi connectivity index (χ0) is 8.81. The minimum absolute atomic E-state index is 0.910. The molecule has 0 radical (unpaired) electrons. The predicted molar refractivity (Wildman–Crippen MR) is 52.1 cm³/mol. The fourth-order valence-electron chi connectivity index (χ4n) is 1.47. The van der Waals surface area contributed by atoms with E-state index in [-0.39, 0.29) is 0 Å². The molecular formula is C9H17N3. The van der Waals surface area contributed by atoms with E-state index in [1.165, 1.54) is 25.9 Å². The molecule has 3 nitrogen and oxygen atoms in total. The lowest BCUT2D eigenvalue weighted by Gasteiger charge is -2.18. The fraction of sp³-hybridized carbons (Fsp3) is 0.667. The lowest BCUT2D eigenvalue weighted by atomic mass is 10.4. The SMILES string of the molecule is C=CN(CCN1CCCC1)N=C. The monoisotopic (exact) mass is 167 g/mol. The average molecular weight is 167 g/mol. The van der Waals surface area contributed by atoms with Crippen molar-refractivity contribution in [1.29, 1.82) is 0 Å². The number of nitrogens with zero attached hydrogens (tertiary/aromatic N) is 3. The molecule has 3 heteroatoms. The third-order valence-electron chi connectivity index (χ3n) is 2.24. The lowest BCUT2D eigenvalue weighted by Crippen LogP contribution is -2.28. The van der Waals surface area contributed by atoms with E-state index in [4.69, 9.17) is 0 Å². The topological polar surface area (TPSA) is 18.8 Å². The van der Waals surface area contributed by atoms with Crippen LogP contribution in [0, 0.1) is 0 Å². The Morgan fingerprint density at radius 1 is 1.42 bits per heavy atom. The summed E-state index contributed by atoms with van der Waals surface area (Å²) in [6.45, 7) is 11.6. The first-order valence-corrected chi connectivity index (χ1v) is 4.45. The van der Waals surface area contributed by atoms with Crippen LogP contribution < -0.4 is 0 Å². The Labute approximate surface area is 74.3 Å². The summed E-state index contributed by atoms with van der Waals surface area (Å²) in [5, 5.41) is 5.58. The summed E-state index contributed by atoms with van der Waals surface area (Å²) in [5.41, 5.74) is 0. The van der Waals surface area contributed by atoms with Crippen molar-refractivity contribution in [1.82, 2.24) is 9.91 Å². The Morgan fingerprint density at radius 3 is 2.58 bits per heavy atom. The quantitative estimate of drug-likeness (QED) is 0.452. The molecule has 0 atom stereocenters. The Bertz CT molecular complexity index is 142. The Hall–Kier alpha value is -0.830. The highest BCUT2D eigenvalue weighted by molar-refractivity contribution is 5.22. The Balaban J connectivity index is 2.14. The first-order valence-electron chi connectivity index (χ1n) is 4.45. The molecule has 1 heterocycles. The molecule has 0 bridgehead atoms. The van der Waals surface area contributed by atoms with Crippen LogP contribution in [-0.2, 0) is 0 Å². The van der Waals surface area contributed by atoms with Gasteiger partial charge in [0.25, 0.3) is 0 Å². The maximum absolute atomic E-state index is 3.81. The van der Waals surface area contributed by atoms with E-state index in [0.717, 1.165) is 13.1 Å². The second-order valence-corrected chi connectivity index (χ2v) is 3.04. The van der Waals surface area contributed by atoms with Crippen LogP contribution in [0.2, 0.25) is 0 Å². The van der Waals surface area contributed by atoms with Gasteiger partial charge in [0.15, 0.2) is 0 Å². The van der Waals surface area contributed by atoms with E-state index in [2.05, 4.69) is 23.3 Å². The Morgan fingerprint density at radius 2 is 2.08 bits per heavy atom. The van der Waals surface area contributed by atoms with Crippen LogP contribution in [0.3, 0.4) is 0 Å². The summed E-state index contributed by atoms with van der Waals surface area (Å²) >= 11 is 0. The zero-order valence-corrected chi connectivity index (χ0v) is 7.58. The van der Waals surface area contributed by atoms with E-state index >= 15 is 0 Å². The van der Waals surface area contributed by atoms with E-state index in [1.807, 2.05) is 0 Å². The van der Waals surface area contributed by atoms with Crippen LogP contribution in [0.4, 0.5) is 0 Å². The molecule has 0 aromatic heterocycles. The minimum Gasteiger partial charge on any atom is -0.301 e.